The van der Waals surface area contributed by atoms with Crippen LogP contribution >= 0.6 is 0 Å². The fourth-order valence-corrected chi connectivity index (χ4v) is 3.13. The molecule has 0 spiro atoms. The second-order valence-corrected chi connectivity index (χ2v) is 6.37. The van der Waals surface area contributed by atoms with E-state index in [1.165, 1.54) is 0 Å². The van der Waals surface area contributed by atoms with Crippen molar-refractivity contribution in [2.24, 2.45) is 0 Å². The SMILES string of the molecule is Cc1nc(C(=O)NC[C@@H](C[C@@H](C)O)c2ccccc2)c2ccccn12. The van der Waals surface area contributed by atoms with E-state index in [1.807, 2.05) is 66.1 Å². The van der Waals surface area contributed by atoms with Crippen LogP contribution in [0.5, 0.6) is 0 Å². The molecular formula is C20H23N3O2. The van der Waals surface area contributed by atoms with E-state index in [2.05, 4.69) is 10.3 Å². The molecule has 0 aliphatic carbocycles. The number of pyridine rings is 1. The lowest BCUT2D eigenvalue weighted by Gasteiger charge is -2.19. The Hall–Kier alpha value is -2.66. The number of benzene rings is 1. The normalized spacial score (nSPS) is 13.6. The molecule has 2 heterocycles. The zero-order chi connectivity index (χ0) is 17.8. The van der Waals surface area contributed by atoms with E-state index in [0.717, 1.165) is 16.9 Å². The Morgan fingerprint density at radius 2 is 1.92 bits per heavy atom. The molecule has 0 aliphatic rings. The monoisotopic (exact) mass is 337 g/mol. The fourth-order valence-electron chi connectivity index (χ4n) is 3.13. The summed E-state index contributed by atoms with van der Waals surface area (Å²) in [5, 5.41) is 12.8. The van der Waals surface area contributed by atoms with Gasteiger partial charge in [-0.05, 0) is 38.0 Å². The fraction of sp³-hybridized carbons (Fsp3) is 0.300. The first-order valence-electron chi connectivity index (χ1n) is 8.51. The molecular weight excluding hydrogens is 314 g/mol. The van der Waals surface area contributed by atoms with E-state index in [4.69, 9.17) is 0 Å². The van der Waals surface area contributed by atoms with Crippen LogP contribution in [0.4, 0.5) is 0 Å². The van der Waals surface area contributed by atoms with Crippen molar-refractivity contribution >= 4 is 11.4 Å². The zero-order valence-electron chi connectivity index (χ0n) is 14.5. The number of fused-ring (bicyclic) bond motifs is 1. The minimum Gasteiger partial charge on any atom is -0.393 e. The van der Waals surface area contributed by atoms with Crippen molar-refractivity contribution in [3.8, 4) is 0 Å². The topological polar surface area (TPSA) is 66.6 Å². The maximum Gasteiger partial charge on any atom is 0.272 e. The highest BCUT2D eigenvalue weighted by Gasteiger charge is 2.19. The summed E-state index contributed by atoms with van der Waals surface area (Å²) in [6, 6.07) is 15.6. The third-order valence-electron chi connectivity index (χ3n) is 4.35. The minimum absolute atomic E-state index is 0.0557. The van der Waals surface area contributed by atoms with Gasteiger partial charge in [0.25, 0.3) is 5.91 Å². The summed E-state index contributed by atoms with van der Waals surface area (Å²) in [4.78, 5) is 17.0. The van der Waals surface area contributed by atoms with Gasteiger partial charge in [-0.25, -0.2) is 4.98 Å². The molecule has 3 rings (SSSR count). The van der Waals surface area contributed by atoms with Gasteiger partial charge in [-0.15, -0.1) is 0 Å². The third kappa shape index (κ3) is 3.88. The average Bonchev–Trinajstić information content (AvgIpc) is 2.96. The number of aromatic nitrogens is 2. The number of hydrogen-bond acceptors (Lipinski definition) is 3. The Balaban J connectivity index is 1.77. The second kappa shape index (κ2) is 7.49. The van der Waals surface area contributed by atoms with Crippen LogP contribution in [-0.2, 0) is 0 Å². The highest BCUT2D eigenvalue weighted by atomic mass is 16.3. The third-order valence-corrected chi connectivity index (χ3v) is 4.35. The quantitative estimate of drug-likeness (QED) is 0.727. The van der Waals surface area contributed by atoms with Crippen molar-refractivity contribution < 1.29 is 9.90 Å². The molecule has 2 aromatic heterocycles. The van der Waals surface area contributed by atoms with E-state index in [1.54, 1.807) is 6.92 Å². The molecule has 1 amide bonds. The van der Waals surface area contributed by atoms with Gasteiger partial charge >= 0.3 is 0 Å². The summed E-state index contributed by atoms with van der Waals surface area (Å²) in [6.45, 7) is 4.10. The van der Waals surface area contributed by atoms with Gasteiger partial charge in [-0.3, -0.25) is 4.79 Å². The molecule has 25 heavy (non-hydrogen) atoms. The Kier molecular flexibility index (Phi) is 5.14. The lowest BCUT2D eigenvalue weighted by Crippen LogP contribution is -2.30. The second-order valence-electron chi connectivity index (χ2n) is 6.37. The van der Waals surface area contributed by atoms with E-state index >= 15 is 0 Å². The molecule has 0 fully saturated rings. The van der Waals surface area contributed by atoms with Gasteiger partial charge in [0.15, 0.2) is 5.69 Å². The number of carbonyl (C=O) groups is 1. The number of rotatable bonds is 6. The number of aliphatic hydroxyl groups excluding tert-OH is 1. The van der Waals surface area contributed by atoms with Crippen LogP contribution in [0.2, 0.25) is 0 Å². The molecule has 2 N–H and O–H groups in total. The summed E-state index contributed by atoms with van der Waals surface area (Å²) in [7, 11) is 0. The summed E-state index contributed by atoms with van der Waals surface area (Å²) in [6.07, 6.45) is 2.06. The van der Waals surface area contributed by atoms with Gasteiger partial charge in [-0.2, -0.15) is 0 Å². The van der Waals surface area contributed by atoms with E-state index in [0.29, 0.717) is 18.7 Å². The van der Waals surface area contributed by atoms with E-state index in [-0.39, 0.29) is 11.8 Å². The number of carbonyl (C=O) groups excluding carboxylic acids is 1. The number of nitrogens with zero attached hydrogens (tertiary/aromatic N) is 2. The maximum atomic E-state index is 12.6. The molecule has 5 heteroatoms. The standard InChI is InChI=1S/C20H23N3O2/c1-14(24)12-17(16-8-4-3-5-9-16)13-21-20(25)19-18-10-6-7-11-23(18)15(2)22-19/h3-11,14,17,24H,12-13H2,1-2H3,(H,21,25)/t14-,17-/m1/s1. The number of amides is 1. The molecule has 0 radical (unpaired) electrons. The number of hydrogen-bond donors (Lipinski definition) is 2. The first-order chi connectivity index (χ1) is 12.1. The van der Waals surface area contributed by atoms with Crippen molar-refractivity contribution in [2.45, 2.75) is 32.3 Å². The van der Waals surface area contributed by atoms with Crippen molar-refractivity contribution in [3.63, 3.8) is 0 Å². The Morgan fingerprint density at radius 3 is 2.64 bits per heavy atom. The zero-order valence-corrected chi connectivity index (χ0v) is 14.5. The maximum absolute atomic E-state index is 12.6. The molecule has 0 unspecified atom stereocenters. The van der Waals surface area contributed by atoms with E-state index < -0.39 is 6.10 Å². The van der Waals surface area contributed by atoms with Crippen LogP contribution in [-0.4, -0.2) is 33.0 Å². The number of imidazole rings is 1. The van der Waals surface area contributed by atoms with Gasteiger partial charge in [0.1, 0.15) is 5.82 Å². The predicted octanol–water partition coefficient (Wildman–Crippen LogP) is 2.93. The molecule has 0 saturated carbocycles. The van der Waals surface area contributed by atoms with Crippen molar-refractivity contribution in [1.29, 1.82) is 0 Å². The average molecular weight is 337 g/mol. The predicted molar refractivity (Wildman–Crippen MR) is 97.7 cm³/mol. The molecule has 0 aliphatic heterocycles. The molecule has 5 nitrogen and oxygen atoms in total. The molecule has 130 valence electrons. The van der Waals surface area contributed by atoms with Gasteiger partial charge < -0.3 is 14.8 Å². The number of aryl methyl sites for hydroxylation is 1. The minimum atomic E-state index is -0.433. The van der Waals surface area contributed by atoms with Gasteiger partial charge in [0.2, 0.25) is 0 Å². The highest BCUT2D eigenvalue weighted by Crippen LogP contribution is 2.21. The number of nitrogens with one attached hydrogen (secondary N) is 1. The summed E-state index contributed by atoms with van der Waals surface area (Å²) in [5.74, 6) is 0.646. The van der Waals surface area contributed by atoms with Gasteiger partial charge in [0.05, 0.1) is 11.6 Å². The molecule has 0 saturated heterocycles. The summed E-state index contributed by atoms with van der Waals surface area (Å²) >= 11 is 0. The van der Waals surface area contributed by atoms with Crippen LogP contribution in [0, 0.1) is 6.92 Å². The van der Waals surface area contributed by atoms with Crippen LogP contribution < -0.4 is 5.32 Å². The largest absolute Gasteiger partial charge is 0.393 e. The van der Waals surface area contributed by atoms with E-state index in [9.17, 15) is 9.90 Å². The van der Waals surface area contributed by atoms with Crippen LogP contribution in [0.1, 0.15) is 41.1 Å². The summed E-state index contributed by atoms with van der Waals surface area (Å²) < 4.78 is 1.90. The first kappa shape index (κ1) is 17.2. The van der Waals surface area contributed by atoms with Gasteiger partial charge in [0, 0.05) is 18.7 Å². The highest BCUT2D eigenvalue weighted by molar-refractivity contribution is 5.99. The van der Waals surface area contributed by atoms with Crippen molar-refractivity contribution in [1.82, 2.24) is 14.7 Å². The molecule has 3 aromatic rings. The lowest BCUT2D eigenvalue weighted by atomic mass is 9.93. The lowest BCUT2D eigenvalue weighted by molar-refractivity contribution is 0.0942. The van der Waals surface area contributed by atoms with Crippen molar-refractivity contribution in [2.75, 3.05) is 6.54 Å². The van der Waals surface area contributed by atoms with Crippen LogP contribution in [0.15, 0.2) is 54.7 Å². The smallest absolute Gasteiger partial charge is 0.272 e. The summed E-state index contributed by atoms with van der Waals surface area (Å²) in [5.41, 5.74) is 2.33. The first-order valence-corrected chi connectivity index (χ1v) is 8.51. The Labute approximate surface area is 147 Å². The van der Waals surface area contributed by atoms with Crippen molar-refractivity contribution in [3.05, 3.63) is 71.8 Å². The van der Waals surface area contributed by atoms with Crippen LogP contribution in [0.3, 0.4) is 0 Å². The number of aliphatic hydroxyl groups is 1. The Morgan fingerprint density at radius 1 is 1.20 bits per heavy atom. The molecule has 0 bridgehead atoms. The van der Waals surface area contributed by atoms with Gasteiger partial charge in [-0.1, -0.05) is 36.4 Å². The molecule has 1 aromatic carbocycles. The Bertz CT molecular complexity index is 856. The molecule has 2 atom stereocenters. The van der Waals surface area contributed by atoms with Crippen LogP contribution in [0.25, 0.3) is 5.52 Å².